The third-order valence-electron chi connectivity index (χ3n) is 7.99. The van der Waals surface area contributed by atoms with Gasteiger partial charge in [0.05, 0.1) is 23.3 Å². The van der Waals surface area contributed by atoms with Crippen LogP contribution < -0.4 is 10.8 Å². The van der Waals surface area contributed by atoms with Gasteiger partial charge >= 0.3 is 7.12 Å². The summed E-state index contributed by atoms with van der Waals surface area (Å²) < 4.78 is 17.8. The molecule has 2 aromatic rings. The summed E-state index contributed by atoms with van der Waals surface area (Å²) in [5.41, 5.74) is 2.51. The standard InChI is InChI=1S/C26H41BN4O3/c1-8-18-15-20(27-33-25(2,3)26(4,5)34-27)16-19-17-28-24(30-23(18)19)29-21-9-11-22(12-10-21)31(6)13-14-32-7/h15-17,21-22H,8-14H2,1-7H3,(H,28,29,30)/t21-,22-. The number of nitrogens with zero attached hydrogens (tertiary/aromatic N) is 3. The predicted molar refractivity (Wildman–Crippen MR) is 139 cm³/mol. The SMILES string of the molecule is CCc1cc(B2OC(C)(C)C(C)(C)O2)cc2cnc(N[C@H]3CC[C@H](N(C)CCOC)CC3)nc12. The highest BCUT2D eigenvalue weighted by molar-refractivity contribution is 6.62. The van der Waals surface area contributed by atoms with E-state index in [9.17, 15) is 0 Å². The molecule has 0 bridgehead atoms. The Bertz CT molecular complexity index is 975. The Kier molecular flexibility index (Phi) is 7.53. The van der Waals surface area contributed by atoms with Gasteiger partial charge in [-0.05, 0) is 77.9 Å². The van der Waals surface area contributed by atoms with Gasteiger partial charge in [0.2, 0.25) is 5.95 Å². The van der Waals surface area contributed by atoms with E-state index in [0.29, 0.717) is 12.1 Å². The van der Waals surface area contributed by atoms with Crippen molar-refractivity contribution in [1.29, 1.82) is 0 Å². The van der Waals surface area contributed by atoms with E-state index in [1.165, 1.54) is 18.4 Å². The van der Waals surface area contributed by atoms with E-state index in [2.05, 4.69) is 69.0 Å². The first-order valence-corrected chi connectivity index (χ1v) is 12.7. The molecule has 0 unspecified atom stereocenters. The van der Waals surface area contributed by atoms with Crippen molar-refractivity contribution in [3.05, 3.63) is 23.9 Å². The number of rotatable bonds is 8. The molecular weight excluding hydrogens is 427 g/mol. The molecule has 2 heterocycles. The Morgan fingerprint density at radius 3 is 2.41 bits per heavy atom. The molecule has 7 nitrogen and oxygen atoms in total. The van der Waals surface area contributed by atoms with Crippen LogP contribution in [0.15, 0.2) is 18.3 Å². The van der Waals surface area contributed by atoms with Crippen LogP contribution >= 0.6 is 0 Å². The molecule has 0 spiro atoms. The topological polar surface area (TPSA) is 68.7 Å². The van der Waals surface area contributed by atoms with Gasteiger partial charge in [0.25, 0.3) is 0 Å². The number of methoxy groups -OCH3 is 1. The summed E-state index contributed by atoms with van der Waals surface area (Å²) >= 11 is 0. The molecule has 0 atom stereocenters. The number of hydrogen-bond donors (Lipinski definition) is 1. The number of nitrogens with one attached hydrogen (secondary N) is 1. The van der Waals surface area contributed by atoms with Crippen molar-refractivity contribution in [1.82, 2.24) is 14.9 Å². The van der Waals surface area contributed by atoms with E-state index in [0.717, 1.165) is 54.7 Å². The van der Waals surface area contributed by atoms with Crippen molar-refractivity contribution in [3.63, 3.8) is 0 Å². The molecule has 186 valence electrons. The second kappa shape index (κ2) is 10.1. The van der Waals surface area contributed by atoms with E-state index in [1.54, 1.807) is 7.11 Å². The molecule has 2 fully saturated rings. The molecule has 1 saturated carbocycles. The van der Waals surface area contributed by atoms with Crippen LogP contribution in [-0.4, -0.2) is 72.6 Å². The van der Waals surface area contributed by atoms with Crippen molar-refractivity contribution in [3.8, 4) is 0 Å². The highest BCUT2D eigenvalue weighted by Gasteiger charge is 2.51. The smallest absolute Gasteiger partial charge is 0.399 e. The lowest BCUT2D eigenvalue weighted by molar-refractivity contribution is 0.00578. The normalized spacial score (nSPS) is 24.2. The minimum Gasteiger partial charge on any atom is -0.399 e. The van der Waals surface area contributed by atoms with E-state index in [1.807, 2.05) is 6.20 Å². The molecule has 1 aliphatic carbocycles. The van der Waals surface area contributed by atoms with Crippen LogP contribution in [0.25, 0.3) is 10.9 Å². The Morgan fingerprint density at radius 1 is 1.12 bits per heavy atom. The lowest BCUT2D eigenvalue weighted by Gasteiger charge is -2.34. The summed E-state index contributed by atoms with van der Waals surface area (Å²) in [7, 11) is 3.59. The van der Waals surface area contributed by atoms with Crippen LogP contribution in [0.2, 0.25) is 0 Å². The molecule has 34 heavy (non-hydrogen) atoms. The van der Waals surface area contributed by atoms with Gasteiger partial charge in [0.1, 0.15) is 0 Å². The van der Waals surface area contributed by atoms with Crippen LogP contribution in [0.5, 0.6) is 0 Å². The summed E-state index contributed by atoms with van der Waals surface area (Å²) in [6.07, 6.45) is 7.45. The summed E-state index contributed by atoms with van der Waals surface area (Å²) in [5.74, 6) is 0.724. The highest BCUT2D eigenvalue weighted by atomic mass is 16.7. The lowest BCUT2D eigenvalue weighted by atomic mass is 9.77. The number of aromatic nitrogens is 2. The van der Waals surface area contributed by atoms with Gasteiger partial charge in [-0.1, -0.05) is 19.1 Å². The highest BCUT2D eigenvalue weighted by Crippen LogP contribution is 2.37. The number of aryl methyl sites for hydroxylation is 1. The molecular formula is C26H41BN4O3. The Balaban J connectivity index is 1.46. The van der Waals surface area contributed by atoms with Gasteiger partial charge in [-0.15, -0.1) is 0 Å². The van der Waals surface area contributed by atoms with Crippen LogP contribution in [0.3, 0.4) is 0 Å². The third kappa shape index (κ3) is 5.25. The maximum absolute atomic E-state index is 6.28. The quantitative estimate of drug-likeness (QED) is 0.592. The first kappa shape index (κ1) is 25.4. The van der Waals surface area contributed by atoms with Gasteiger partial charge in [0, 0.05) is 37.3 Å². The lowest BCUT2D eigenvalue weighted by Crippen LogP contribution is -2.41. The van der Waals surface area contributed by atoms with E-state index >= 15 is 0 Å². The monoisotopic (exact) mass is 468 g/mol. The Labute approximate surface area is 205 Å². The predicted octanol–water partition coefficient (Wildman–Crippen LogP) is 3.79. The van der Waals surface area contributed by atoms with Crippen LogP contribution in [-0.2, 0) is 20.5 Å². The fourth-order valence-electron chi connectivity index (χ4n) is 4.96. The molecule has 0 amide bonds. The zero-order valence-electron chi connectivity index (χ0n) is 22.0. The second-order valence-corrected chi connectivity index (χ2v) is 10.9. The van der Waals surface area contributed by atoms with Crippen LogP contribution in [0.1, 0.15) is 65.9 Å². The van der Waals surface area contributed by atoms with Crippen molar-refractivity contribution in [2.24, 2.45) is 0 Å². The van der Waals surface area contributed by atoms with Crippen molar-refractivity contribution >= 4 is 29.4 Å². The maximum atomic E-state index is 6.28. The molecule has 8 heteroatoms. The van der Waals surface area contributed by atoms with E-state index in [4.69, 9.17) is 19.0 Å². The van der Waals surface area contributed by atoms with Crippen LogP contribution in [0.4, 0.5) is 5.95 Å². The summed E-state index contributed by atoms with van der Waals surface area (Å²) in [6, 6.07) is 5.34. The number of fused-ring (bicyclic) bond motifs is 1. The zero-order valence-corrected chi connectivity index (χ0v) is 22.0. The minimum atomic E-state index is -0.380. The molecule has 1 saturated heterocycles. The number of likely N-dealkylation sites (N-methyl/N-ethyl adjacent to an activating group) is 1. The minimum absolute atomic E-state index is 0.360. The fourth-order valence-corrected chi connectivity index (χ4v) is 4.96. The molecule has 1 N–H and O–H groups in total. The Hall–Kier alpha value is -1.74. The summed E-state index contributed by atoms with van der Waals surface area (Å²) in [5, 5.41) is 4.63. The van der Waals surface area contributed by atoms with Gasteiger partial charge in [-0.2, -0.15) is 0 Å². The largest absolute Gasteiger partial charge is 0.494 e. The van der Waals surface area contributed by atoms with Crippen molar-refractivity contribution < 1.29 is 14.0 Å². The van der Waals surface area contributed by atoms with E-state index < -0.39 is 0 Å². The average Bonchev–Trinajstić information content (AvgIpc) is 3.04. The average molecular weight is 468 g/mol. The number of ether oxygens (including phenoxy) is 1. The first-order chi connectivity index (χ1) is 16.1. The molecule has 1 aromatic heterocycles. The zero-order chi connectivity index (χ0) is 24.5. The van der Waals surface area contributed by atoms with Crippen molar-refractivity contribution in [2.45, 2.75) is 90.0 Å². The maximum Gasteiger partial charge on any atom is 0.494 e. The van der Waals surface area contributed by atoms with Gasteiger partial charge in [-0.3, -0.25) is 0 Å². The van der Waals surface area contributed by atoms with Crippen molar-refractivity contribution in [2.75, 3.05) is 32.6 Å². The number of hydrogen-bond acceptors (Lipinski definition) is 7. The van der Waals surface area contributed by atoms with Gasteiger partial charge in [-0.25, -0.2) is 9.97 Å². The molecule has 2 aliphatic rings. The van der Waals surface area contributed by atoms with Gasteiger partial charge < -0.3 is 24.3 Å². The second-order valence-electron chi connectivity index (χ2n) is 10.9. The number of anilines is 1. The number of benzene rings is 1. The van der Waals surface area contributed by atoms with E-state index in [-0.39, 0.29) is 18.3 Å². The Morgan fingerprint density at radius 2 is 1.79 bits per heavy atom. The third-order valence-corrected chi connectivity index (χ3v) is 7.99. The first-order valence-electron chi connectivity index (χ1n) is 12.7. The molecule has 1 aliphatic heterocycles. The van der Waals surface area contributed by atoms with Gasteiger partial charge in [0.15, 0.2) is 0 Å². The molecule has 4 rings (SSSR count). The fraction of sp³-hybridized carbons (Fsp3) is 0.692. The summed E-state index contributed by atoms with van der Waals surface area (Å²) in [6.45, 7) is 12.3. The molecule has 1 aromatic carbocycles. The molecule has 0 radical (unpaired) electrons. The summed E-state index contributed by atoms with van der Waals surface area (Å²) in [4.78, 5) is 12.0. The van der Waals surface area contributed by atoms with Crippen LogP contribution in [0, 0.1) is 0 Å².